The summed E-state index contributed by atoms with van der Waals surface area (Å²) in [6.07, 6.45) is 1.70. The Labute approximate surface area is 105 Å². The van der Waals surface area contributed by atoms with Crippen LogP contribution in [-0.4, -0.2) is 44.8 Å². The van der Waals surface area contributed by atoms with E-state index in [0.717, 1.165) is 0 Å². The lowest BCUT2D eigenvalue weighted by molar-refractivity contribution is -0.144. The monoisotopic (exact) mass is 251 g/mol. The number of aromatic nitrogens is 2. The SMILES string of the molecule is Cc1nn(C)cc1C(=O)N1CC(C(C)C(=O)O)C1. The summed E-state index contributed by atoms with van der Waals surface area (Å²) in [6, 6.07) is 0. The van der Waals surface area contributed by atoms with Gasteiger partial charge in [0.2, 0.25) is 0 Å². The van der Waals surface area contributed by atoms with Gasteiger partial charge in [0, 0.05) is 32.3 Å². The van der Waals surface area contributed by atoms with Gasteiger partial charge in [0.25, 0.3) is 5.91 Å². The molecule has 6 nitrogen and oxygen atoms in total. The summed E-state index contributed by atoms with van der Waals surface area (Å²) >= 11 is 0. The van der Waals surface area contributed by atoms with Gasteiger partial charge >= 0.3 is 5.97 Å². The highest BCUT2D eigenvalue weighted by atomic mass is 16.4. The van der Waals surface area contributed by atoms with Crippen LogP contribution in [0, 0.1) is 18.8 Å². The lowest BCUT2D eigenvalue weighted by Crippen LogP contribution is -2.53. The molecule has 18 heavy (non-hydrogen) atoms. The van der Waals surface area contributed by atoms with Crippen molar-refractivity contribution in [2.45, 2.75) is 13.8 Å². The molecule has 1 aliphatic rings. The second-order valence-electron chi connectivity index (χ2n) is 4.90. The van der Waals surface area contributed by atoms with E-state index in [9.17, 15) is 9.59 Å². The zero-order valence-corrected chi connectivity index (χ0v) is 10.8. The fraction of sp³-hybridized carbons (Fsp3) is 0.583. The number of amides is 1. The molecule has 0 aliphatic carbocycles. The molecule has 1 amide bonds. The van der Waals surface area contributed by atoms with E-state index in [4.69, 9.17) is 5.11 Å². The summed E-state index contributed by atoms with van der Waals surface area (Å²) in [4.78, 5) is 24.6. The Morgan fingerprint density at radius 3 is 2.56 bits per heavy atom. The maximum Gasteiger partial charge on any atom is 0.306 e. The fourth-order valence-corrected chi connectivity index (χ4v) is 2.18. The van der Waals surface area contributed by atoms with Gasteiger partial charge in [-0.25, -0.2) is 0 Å². The van der Waals surface area contributed by atoms with Gasteiger partial charge in [0.05, 0.1) is 17.2 Å². The molecule has 0 aromatic carbocycles. The van der Waals surface area contributed by atoms with Gasteiger partial charge in [-0.05, 0) is 6.92 Å². The van der Waals surface area contributed by atoms with Gasteiger partial charge in [0.15, 0.2) is 0 Å². The predicted octanol–water partition coefficient (Wildman–Crippen LogP) is 0.521. The number of carboxylic acids is 1. The molecule has 98 valence electrons. The molecule has 0 spiro atoms. The van der Waals surface area contributed by atoms with Crippen molar-refractivity contribution in [2.75, 3.05) is 13.1 Å². The number of hydrogen-bond acceptors (Lipinski definition) is 3. The number of nitrogens with zero attached hydrogens (tertiary/aromatic N) is 3. The number of aliphatic carboxylic acids is 1. The van der Waals surface area contributed by atoms with Gasteiger partial charge in [-0.1, -0.05) is 6.92 Å². The lowest BCUT2D eigenvalue weighted by atomic mass is 9.86. The van der Waals surface area contributed by atoms with Crippen LogP contribution in [0.15, 0.2) is 6.20 Å². The van der Waals surface area contributed by atoms with Crippen LogP contribution in [0.4, 0.5) is 0 Å². The largest absolute Gasteiger partial charge is 0.481 e. The number of aryl methyl sites for hydroxylation is 2. The Morgan fingerprint density at radius 2 is 2.11 bits per heavy atom. The molecule has 6 heteroatoms. The van der Waals surface area contributed by atoms with Gasteiger partial charge in [-0.15, -0.1) is 0 Å². The molecule has 0 radical (unpaired) electrons. The van der Waals surface area contributed by atoms with Crippen LogP contribution < -0.4 is 0 Å². The first-order chi connectivity index (χ1) is 8.40. The normalized spacial score (nSPS) is 17.4. The molecule has 1 aromatic heterocycles. The van der Waals surface area contributed by atoms with E-state index in [1.165, 1.54) is 0 Å². The van der Waals surface area contributed by atoms with Crippen LogP contribution in [0.5, 0.6) is 0 Å². The Bertz CT molecular complexity index is 489. The van der Waals surface area contributed by atoms with Crippen LogP contribution in [0.3, 0.4) is 0 Å². The standard InChI is InChI=1S/C12H17N3O3/c1-7(12(17)18)9-4-15(5-9)11(16)10-6-14(3)13-8(10)2/h6-7,9H,4-5H2,1-3H3,(H,17,18). The summed E-state index contributed by atoms with van der Waals surface area (Å²) in [7, 11) is 1.77. The van der Waals surface area contributed by atoms with Crippen LogP contribution in [0.1, 0.15) is 23.0 Å². The minimum absolute atomic E-state index is 0.0587. The van der Waals surface area contributed by atoms with E-state index in [1.807, 2.05) is 0 Å². The smallest absolute Gasteiger partial charge is 0.306 e. The number of likely N-dealkylation sites (tertiary alicyclic amines) is 1. The second kappa shape index (κ2) is 4.44. The van der Waals surface area contributed by atoms with E-state index >= 15 is 0 Å². The highest BCUT2D eigenvalue weighted by molar-refractivity contribution is 5.95. The molecule has 0 bridgehead atoms. The first-order valence-electron chi connectivity index (χ1n) is 5.92. The number of carboxylic acid groups (broad SMARTS) is 1. The maximum atomic E-state index is 12.1. The molecule has 1 fully saturated rings. The van der Waals surface area contributed by atoms with Crippen molar-refractivity contribution in [3.63, 3.8) is 0 Å². The lowest BCUT2D eigenvalue weighted by Gasteiger charge is -2.41. The quantitative estimate of drug-likeness (QED) is 0.849. The minimum atomic E-state index is -0.801. The molecule has 1 aromatic rings. The van der Waals surface area contributed by atoms with Gasteiger partial charge < -0.3 is 10.0 Å². The molecule has 2 heterocycles. The molecule has 0 saturated carbocycles. The van der Waals surface area contributed by atoms with Crippen LogP contribution in [-0.2, 0) is 11.8 Å². The third kappa shape index (κ3) is 2.10. The van der Waals surface area contributed by atoms with Crippen molar-refractivity contribution in [2.24, 2.45) is 18.9 Å². The molecule has 2 rings (SSSR count). The number of hydrogen-bond donors (Lipinski definition) is 1. The van der Waals surface area contributed by atoms with Crippen molar-refractivity contribution >= 4 is 11.9 Å². The Hall–Kier alpha value is -1.85. The van der Waals surface area contributed by atoms with E-state index in [1.54, 1.807) is 36.7 Å². The van der Waals surface area contributed by atoms with Crippen molar-refractivity contribution < 1.29 is 14.7 Å². The Morgan fingerprint density at radius 1 is 1.50 bits per heavy atom. The first kappa shape index (κ1) is 12.6. The Balaban J connectivity index is 1.98. The van der Waals surface area contributed by atoms with Crippen molar-refractivity contribution in [1.82, 2.24) is 14.7 Å². The van der Waals surface area contributed by atoms with E-state index in [0.29, 0.717) is 24.3 Å². The van der Waals surface area contributed by atoms with Crippen molar-refractivity contribution in [1.29, 1.82) is 0 Å². The topological polar surface area (TPSA) is 75.4 Å². The molecule has 1 aliphatic heterocycles. The van der Waals surface area contributed by atoms with E-state index in [2.05, 4.69) is 5.10 Å². The average Bonchev–Trinajstić information content (AvgIpc) is 2.55. The van der Waals surface area contributed by atoms with Crippen molar-refractivity contribution in [3.05, 3.63) is 17.5 Å². The molecule has 1 N–H and O–H groups in total. The van der Waals surface area contributed by atoms with Crippen molar-refractivity contribution in [3.8, 4) is 0 Å². The average molecular weight is 251 g/mol. The third-order valence-electron chi connectivity index (χ3n) is 3.54. The number of rotatable bonds is 3. The predicted molar refractivity (Wildman–Crippen MR) is 64.1 cm³/mol. The molecular formula is C12H17N3O3. The van der Waals surface area contributed by atoms with E-state index < -0.39 is 11.9 Å². The molecule has 1 saturated heterocycles. The zero-order chi connectivity index (χ0) is 13.4. The number of carbonyl (C=O) groups is 2. The fourth-order valence-electron chi connectivity index (χ4n) is 2.18. The Kier molecular flexibility index (Phi) is 3.11. The van der Waals surface area contributed by atoms with Gasteiger partial charge in [-0.2, -0.15) is 5.10 Å². The maximum absolute atomic E-state index is 12.1. The van der Waals surface area contributed by atoms with Crippen LogP contribution >= 0.6 is 0 Å². The number of carbonyl (C=O) groups excluding carboxylic acids is 1. The molecule has 1 unspecified atom stereocenters. The second-order valence-corrected chi connectivity index (χ2v) is 4.90. The summed E-state index contributed by atoms with van der Waals surface area (Å²) < 4.78 is 1.61. The minimum Gasteiger partial charge on any atom is -0.481 e. The summed E-state index contributed by atoms with van der Waals surface area (Å²) in [5, 5.41) is 13.0. The highest BCUT2D eigenvalue weighted by Crippen LogP contribution is 2.26. The highest BCUT2D eigenvalue weighted by Gasteiger charge is 2.38. The van der Waals surface area contributed by atoms with E-state index in [-0.39, 0.29) is 11.8 Å². The summed E-state index contributed by atoms with van der Waals surface area (Å²) in [5.74, 6) is -1.20. The van der Waals surface area contributed by atoms with Crippen LogP contribution in [0.2, 0.25) is 0 Å². The summed E-state index contributed by atoms with van der Waals surface area (Å²) in [6.45, 7) is 4.51. The molecular weight excluding hydrogens is 234 g/mol. The first-order valence-corrected chi connectivity index (χ1v) is 5.92. The van der Waals surface area contributed by atoms with Gasteiger partial charge in [0.1, 0.15) is 0 Å². The van der Waals surface area contributed by atoms with Crippen LogP contribution in [0.25, 0.3) is 0 Å². The zero-order valence-electron chi connectivity index (χ0n) is 10.8. The van der Waals surface area contributed by atoms with Gasteiger partial charge in [-0.3, -0.25) is 14.3 Å². The summed E-state index contributed by atoms with van der Waals surface area (Å²) in [5.41, 5.74) is 1.30. The third-order valence-corrected chi connectivity index (χ3v) is 3.54. The molecule has 1 atom stereocenters.